The first-order valence-corrected chi connectivity index (χ1v) is 8.81. The summed E-state index contributed by atoms with van der Waals surface area (Å²) in [6, 6.07) is 3.47. The lowest BCUT2D eigenvalue weighted by molar-refractivity contribution is 0.392. The highest BCUT2D eigenvalue weighted by molar-refractivity contribution is 7.89. The van der Waals surface area contributed by atoms with Gasteiger partial charge in [0.25, 0.3) is 10.0 Å². The molecule has 0 spiro atoms. The highest BCUT2D eigenvalue weighted by atomic mass is 32.2. The van der Waals surface area contributed by atoms with E-state index in [9.17, 15) is 8.42 Å². The average molecular weight is 314 g/mol. The molecule has 1 aliphatic rings. The zero-order valence-corrected chi connectivity index (χ0v) is 14.5. The van der Waals surface area contributed by atoms with Gasteiger partial charge in [-0.15, -0.1) is 0 Å². The highest BCUT2D eigenvalue weighted by Crippen LogP contribution is 2.62. The Bertz CT molecular complexity index is 601. The fourth-order valence-electron chi connectivity index (χ4n) is 2.61. The van der Waals surface area contributed by atoms with Crippen molar-refractivity contribution in [1.29, 1.82) is 0 Å². The van der Waals surface area contributed by atoms with E-state index in [1.54, 1.807) is 6.07 Å². The Morgan fingerprint density at radius 3 is 2.24 bits per heavy atom. The smallest absolute Gasteiger partial charge is 0.274 e. The van der Waals surface area contributed by atoms with Crippen LogP contribution in [0, 0.1) is 10.8 Å². The Hall–Kier alpha value is -0.850. The minimum absolute atomic E-state index is 0.0124. The van der Waals surface area contributed by atoms with Crippen LogP contribution in [0.4, 0.5) is 0 Å². The number of hydrogen-bond donors (Lipinski definition) is 2. The summed E-state index contributed by atoms with van der Waals surface area (Å²) in [6.45, 7) is 12.9. The first kappa shape index (κ1) is 16.5. The fraction of sp³-hybridized carbons (Fsp3) is 0.733. The van der Waals surface area contributed by atoms with Crippen molar-refractivity contribution in [2.45, 2.75) is 65.3 Å². The first-order valence-electron chi connectivity index (χ1n) is 7.33. The molecule has 120 valence electrons. The standard InChI is InChI=1S/C15H26N2O3S/c1-10(2)16-9-11-7-8-12(20-11)21(18,19)17-13-14(3,4)15(13,5)6/h7-8,10,13,16-17H,9H2,1-6H3. The van der Waals surface area contributed by atoms with E-state index in [2.05, 4.69) is 37.7 Å². The van der Waals surface area contributed by atoms with Gasteiger partial charge in [0.05, 0.1) is 6.54 Å². The molecule has 21 heavy (non-hydrogen) atoms. The summed E-state index contributed by atoms with van der Waals surface area (Å²) in [4.78, 5) is 0. The van der Waals surface area contributed by atoms with Crippen molar-refractivity contribution in [3.05, 3.63) is 17.9 Å². The summed E-state index contributed by atoms with van der Waals surface area (Å²) in [6.07, 6.45) is 0. The van der Waals surface area contributed by atoms with Crippen molar-refractivity contribution in [3.63, 3.8) is 0 Å². The van der Waals surface area contributed by atoms with Crippen molar-refractivity contribution < 1.29 is 12.8 Å². The van der Waals surface area contributed by atoms with Crippen LogP contribution in [0.2, 0.25) is 0 Å². The molecule has 0 aromatic carbocycles. The van der Waals surface area contributed by atoms with Crippen LogP contribution in [0.15, 0.2) is 21.6 Å². The Balaban J connectivity index is 2.08. The molecular formula is C15H26N2O3S. The SMILES string of the molecule is CC(C)NCc1ccc(S(=O)(=O)NC2C(C)(C)C2(C)C)o1. The maximum Gasteiger partial charge on any atom is 0.274 e. The van der Waals surface area contributed by atoms with E-state index in [4.69, 9.17) is 4.42 Å². The molecule has 0 saturated heterocycles. The van der Waals surface area contributed by atoms with Crippen LogP contribution in [0.1, 0.15) is 47.3 Å². The minimum Gasteiger partial charge on any atom is -0.447 e. The lowest BCUT2D eigenvalue weighted by Gasteiger charge is -2.07. The van der Waals surface area contributed by atoms with Gasteiger partial charge in [-0.2, -0.15) is 0 Å². The van der Waals surface area contributed by atoms with Gasteiger partial charge in [0.15, 0.2) is 0 Å². The van der Waals surface area contributed by atoms with Gasteiger partial charge in [0.1, 0.15) is 5.76 Å². The predicted molar refractivity (Wildman–Crippen MR) is 82.4 cm³/mol. The summed E-state index contributed by atoms with van der Waals surface area (Å²) in [5, 5.41) is 3.18. The number of hydrogen-bond acceptors (Lipinski definition) is 4. The molecule has 6 heteroatoms. The van der Waals surface area contributed by atoms with Crippen LogP contribution in [-0.4, -0.2) is 20.5 Å². The van der Waals surface area contributed by atoms with Gasteiger partial charge in [0, 0.05) is 12.1 Å². The molecule has 2 rings (SSSR count). The summed E-state index contributed by atoms with van der Waals surface area (Å²) < 4.78 is 33.0. The van der Waals surface area contributed by atoms with Crippen LogP contribution in [0.3, 0.4) is 0 Å². The van der Waals surface area contributed by atoms with Crippen LogP contribution < -0.4 is 10.0 Å². The van der Waals surface area contributed by atoms with Crippen molar-refractivity contribution in [1.82, 2.24) is 10.0 Å². The summed E-state index contributed by atoms with van der Waals surface area (Å²) in [5.74, 6) is 0.624. The predicted octanol–water partition coefficient (Wildman–Crippen LogP) is 2.49. The molecule has 0 aliphatic heterocycles. The molecule has 5 nitrogen and oxygen atoms in total. The van der Waals surface area contributed by atoms with Gasteiger partial charge in [-0.1, -0.05) is 41.5 Å². The molecule has 1 heterocycles. The molecule has 0 atom stereocenters. The Labute approximate surface area is 127 Å². The van der Waals surface area contributed by atoms with E-state index in [-0.39, 0.29) is 22.0 Å². The third-order valence-electron chi connectivity index (χ3n) is 4.88. The van der Waals surface area contributed by atoms with E-state index in [0.29, 0.717) is 18.3 Å². The molecule has 1 aromatic rings. The van der Waals surface area contributed by atoms with Gasteiger partial charge in [0.2, 0.25) is 5.09 Å². The molecule has 1 fully saturated rings. The minimum atomic E-state index is -3.60. The molecule has 1 saturated carbocycles. The van der Waals surface area contributed by atoms with E-state index in [0.717, 1.165) is 0 Å². The number of sulfonamides is 1. The van der Waals surface area contributed by atoms with Crippen LogP contribution in [0.5, 0.6) is 0 Å². The molecule has 0 bridgehead atoms. The number of rotatable bonds is 6. The molecule has 2 N–H and O–H groups in total. The Kier molecular flexibility index (Phi) is 4.02. The normalized spacial score (nSPS) is 20.9. The third-order valence-corrected chi connectivity index (χ3v) is 6.18. The maximum absolute atomic E-state index is 12.4. The molecule has 0 amide bonds. The maximum atomic E-state index is 12.4. The van der Waals surface area contributed by atoms with Crippen molar-refractivity contribution >= 4 is 10.0 Å². The highest BCUT2D eigenvalue weighted by Gasteiger charge is 2.66. The van der Waals surface area contributed by atoms with Crippen molar-refractivity contribution in [2.24, 2.45) is 10.8 Å². The van der Waals surface area contributed by atoms with Crippen LogP contribution in [-0.2, 0) is 16.6 Å². The summed E-state index contributed by atoms with van der Waals surface area (Å²) in [5.41, 5.74) is -0.0939. The van der Waals surface area contributed by atoms with Gasteiger partial charge in [-0.25, -0.2) is 13.1 Å². The van der Waals surface area contributed by atoms with Gasteiger partial charge >= 0.3 is 0 Å². The first-order chi connectivity index (χ1) is 9.48. The summed E-state index contributed by atoms with van der Waals surface area (Å²) >= 11 is 0. The molecule has 0 radical (unpaired) electrons. The molecule has 0 unspecified atom stereocenters. The van der Waals surface area contributed by atoms with E-state index < -0.39 is 10.0 Å². The van der Waals surface area contributed by atoms with E-state index >= 15 is 0 Å². The van der Waals surface area contributed by atoms with Crippen LogP contribution in [0.25, 0.3) is 0 Å². The van der Waals surface area contributed by atoms with Gasteiger partial charge in [-0.05, 0) is 23.0 Å². The molecular weight excluding hydrogens is 288 g/mol. The Morgan fingerprint density at radius 2 is 1.76 bits per heavy atom. The zero-order valence-electron chi connectivity index (χ0n) is 13.6. The molecule has 1 aliphatic carbocycles. The van der Waals surface area contributed by atoms with Gasteiger partial charge in [-0.3, -0.25) is 0 Å². The van der Waals surface area contributed by atoms with Gasteiger partial charge < -0.3 is 9.73 Å². The zero-order chi connectivity index (χ0) is 16.1. The lowest BCUT2D eigenvalue weighted by atomic mass is 10.0. The van der Waals surface area contributed by atoms with Crippen molar-refractivity contribution in [3.8, 4) is 0 Å². The van der Waals surface area contributed by atoms with E-state index in [1.807, 2.05) is 13.8 Å². The quantitative estimate of drug-likeness (QED) is 0.846. The van der Waals surface area contributed by atoms with Crippen LogP contribution >= 0.6 is 0 Å². The van der Waals surface area contributed by atoms with E-state index in [1.165, 1.54) is 6.07 Å². The summed E-state index contributed by atoms with van der Waals surface area (Å²) in [7, 11) is -3.60. The second-order valence-corrected chi connectivity index (χ2v) is 8.90. The lowest BCUT2D eigenvalue weighted by Crippen LogP contribution is -2.29. The second kappa shape index (κ2) is 5.11. The number of furan rings is 1. The molecule has 1 aromatic heterocycles. The monoisotopic (exact) mass is 314 g/mol. The third kappa shape index (κ3) is 3.03. The largest absolute Gasteiger partial charge is 0.447 e. The fourth-order valence-corrected chi connectivity index (χ4v) is 4.09. The topological polar surface area (TPSA) is 71.3 Å². The second-order valence-electron chi connectivity index (χ2n) is 7.25. The average Bonchev–Trinajstić information content (AvgIpc) is 2.77. The van der Waals surface area contributed by atoms with Crippen molar-refractivity contribution in [2.75, 3.05) is 0 Å². The number of nitrogens with one attached hydrogen (secondary N) is 2. The Morgan fingerprint density at radius 1 is 1.19 bits per heavy atom.